The van der Waals surface area contributed by atoms with E-state index in [1.54, 1.807) is 0 Å². The molecule has 0 amide bonds. The smallest absolute Gasteiger partial charge is 0.336 e. The Bertz CT molecular complexity index is 861. The van der Waals surface area contributed by atoms with Gasteiger partial charge in [0, 0.05) is 35.9 Å². The minimum atomic E-state index is -0.407. The van der Waals surface area contributed by atoms with Gasteiger partial charge in [0.05, 0.1) is 12.2 Å². The van der Waals surface area contributed by atoms with Gasteiger partial charge in [-0.25, -0.2) is 4.79 Å². The molecule has 1 heterocycles. The Labute approximate surface area is 173 Å². The predicted octanol–water partition coefficient (Wildman–Crippen LogP) is 4.18. The first-order valence-corrected chi connectivity index (χ1v) is 10.3. The number of ether oxygens (including phenoxy) is 2. The van der Waals surface area contributed by atoms with Crippen LogP contribution in [0.2, 0.25) is 0 Å². The number of hydrogen-bond donors (Lipinski definition) is 1. The van der Waals surface area contributed by atoms with Gasteiger partial charge in [0.2, 0.25) is 0 Å². The molecule has 1 N–H and O–H groups in total. The van der Waals surface area contributed by atoms with Crippen molar-refractivity contribution in [2.24, 2.45) is 5.41 Å². The fourth-order valence-corrected chi connectivity index (χ4v) is 4.21. The molecule has 0 radical (unpaired) electrons. The molecule has 0 saturated carbocycles. The van der Waals surface area contributed by atoms with Crippen molar-refractivity contribution < 1.29 is 19.1 Å². The molecule has 1 aromatic carbocycles. The van der Waals surface area contributed by atoms with Gasteiger partial charge >= 0.3 is 5.97 Å². The lowest BCUT2D eigenvalue weighted by Crippen LogP contribution is -2.38. The van der Waals surface area contributed by atoms with Crippen molar-refractivity contribution in [1.82, 2.24) is 5.32 Å². The van der Waals surface area contributed by atoms with E-state index in [0.717, 1.165) is 28.9 Å². The zero-order valence-electron chi connectivity index (χ0n) is 18.1. The third kappa shape index (κ3) is 4.61. The number of Topliss-reactive ketones (excluding diaryl/α,β-unsaturated/α-hetero) is 1. The lowest BCUT2D eigenvalue weighted by molar-refractivity contribution is -0.140. The summed E-state index contributed by atoms with van der Waals surface area (Å²) < 4.78 is 10.8. The largest absolute Gasteiger partial charge is 0.460 e. The summed E-state index contributed by atoms with van der Waals surface area (Å²) in [7, 11) is 0. The van der Waals surface area contributed by atoms with Crippen LogP contribution < -0.4 is 5.32 Å². The minimum Gasteiger partial charge on any atom is -0.460 e. The average Bonchev–Trinajstić information content (AvgIpc) is 2.63. The number of rotatable bonds is 6. The summed E-state index contributed by atoms with van der Waals surface area (Å²) in [5, 5.41) is 3.35. The first-order chi connectivity index (χ1) is 13.7. The number of nitrogens with one attached hydrogen (secondary N) is 1. The standard InChI is InChI=1S/C24H31NO4/c1-6-28-11-12-29-23(27)20-16(3)25-18-13-24(4,5)14-19(26)22(18)21(20)17-9-7-15(2)8-10-17/h7-10,21,25H,6,11-14H2,1-5H3/t21-/m0/s1. The van der Waals surface area contributed by atoms with E-state index in [0.29, 0.717) is 30.8 Å². The molecule has 0 bridgehead atoms. The van der Waals surface area contributed by atoms with E-state index in [2.05, 4.69) is 19.2 Å². The van der Waals surface area contributed by atoms with Crippen LogP contribution in [0.3, 0.4) is 0 Å². The van der Waals surface area contributed by atoms with Gasteiger partial charge in [-0.2, -0.15) is 0 Å². The van der Waals surface area contributed by atoms with Gasteiger partial charge in [0.25, 0.3) is 0 Å². The van der Waals surface area contributed by atoms with Crippen molar-refractivity contribution in [3.8, 4) is 0 Å². The Morgan fingerprint density at radius 3 is 2.48 bits per heavy atom. The number of allylic oxidation sites excluding steroid dienone is 3. The van der Waals surface area contributed by atoms with Crippen LogP contribution in [0, 0.1) is 12.3 Å². The zero-order valence-corrected chi connectivity index (χ0v) is 18.1. The highest BCUT2D eigenvalue weighted by Gasteiger charge is 2.43. The average molecular weight is 398 g/mol. The summed E-state index contributed by atoms with van der Waals surface area (Å²) in [5.41, 5.74) is 4.87. The maximum atomic E-state index is 13.2. The Hall–Kier alpha value is -2.40. The van der Waals surface area contributed by atoms with Gasteiger partial charge in [-0.05, 0) is 38.2 Å². The Morgan fingerprint density at radius 1 is 1.14 bits per heavy atom. The van der Waals surface area contributed by atoms with Gasteiger partial charge in [-0.1, -0.05) is 43.7 Å². The monoisotopic (exact) mass is 397 g/mol. The fourth-order valence-electron chi connectivity index (χ4n) is 4.21. The van der Waals surface area contributed by atoms with Crippen molar-refractivity contribution in [3.05, 3.63) is 57.9 Å². The first-order valence-electron chi connectivity index (χ1n) is 10.3. The topological polar surface area (TPSA) is 64.6 Å². The summed E-state index contributed by atoms with van der Waals surface area (Å²) in [5.74, 6) is -0.707. The lowest BCUT2D eigenvalue weighted by Gasteiger charge is -2.39. The van der Waals surface area contributed by atoms with Gasteiger partial charge in [-0.3, -0.25) is 4.79 Å². The maximum absolute atomic E-state index is 13.2. The highest BCUT2D eigenvalue weighted by molar-refractivity contribution is 6.04. The van der Waals surface area contributed by atoms with Gasteiger partial charge < -0.3 is 14.8 Å². The van der Waals surface area contributed by atoms with Crippen LogP contribution in [-0.2, 0) is 19.1 Å². The molecule has 0 spiro atoms. The predicted molar refractivity (Wildman–Crippen MR) is 112 cm³/mol. The molecule has 1 aliphatic carbocycles. The number of aryl methyl sites for hydroxylation is 1. The molecule has 0 fully saturated rings. The second-order valence-electron chi connectivity index (χ2n) is 8.67. The van der Waals surface area contributed by atoms with Crippen molar-refractivity contribution in [2.45, 2.75) is 53.4 Å². The highest BCUT2D eigenvalue weighted by Crippen LogP contribution is 2.46. The van der Waals surface area contributed by atoms with Crippen molar-refractivity contribution in [1.29, 1.82) is 0 Å². The molecule has 156 valence electrons. The quantitative estimate of drug-likeness (QED) is 0.576. The SMILES string of the molecule is CCOCCOC(=O)C1=C(C)NC2=C(C(=O)CC(C)(C)C2)[C@H]1c1ccc(C)cc1. The van der Waals surface area contributed by atoms with E-state index >= 15 is 0 Å². The summed E-state index contributed by atoms with van der Waals surface area (Å²) >= 11 is 0. The summed E-state index contributed by atoms with van der Waals surface area (Å²) in [6.07, 6.45) is 1.25. The van der Waals surface area contributed by atoms with Crippen LogP contribution in [0.5, 0.6) is 0 Å². The van der Waals surface area contributed by atoms with E-state index < -0.39 is 11.9 Å². The molecular weight excluding hydrogens is 366 g/mol. The third-order valence-electron chi connectivity index (χ3n) is 5.54. The fraction of sp³-hybridized carbons (Fsp3) is 0.500. The van der Waals surface area contributed by atoms with E-state index in [-0.39, 0.29) is 17.8 Å². The van der Waals surface area contributed by atoms with Gasteiger partial charge in [-0.15, -0.1) is 0 Å². The number of dihydropyridines is 1. The number of ketones is 1. The highest BCUT2D eigenvalue weighted by atomic mass is 16.6. The molecule has 29 heavy (non-hydrogen) atoms. The minimum absolute atomic E-state index is 0.0986. The van der Waals surface area contributed by atoms with Crippen LogP contribution >= 0.6 is 0 Å². The number of esters is 1. The third-order valence-corrected chi connectivity index (χ3v) is 5.54. The summed E-state index contributed by atoms with van der Waals surface area (Å²) in [6, 6.07) is 8.04. The van der Waals surface area contributed by atoms with E-state index in [1.807, 2.05) is 45.0 Å². The van der Waals surface area contributed by atoms with Crippen LogP contribution in [-0.4, -0.2) is 31.6 Å². The first kappa shape index (κ1) is 21.3. The van der Waals surface area contributed by atoms with Gasteiger partial charge in [0.1, 0.15) is 6.61 Å². The molecule has 1 aliphatic heterocycles. The number of benzene rings is 1. The molecule has 0 saturated heterocycles. The van der Waals surface area contributed by atoms with Crippen molar-refractivity contribution >= 4 is 11.8 Å². The molecule has 5 heteroatoms. The zero-order chi connectivity index (χ0) is 21.2. The van der Waals surface area contributed by atoms with Crippen molar-refractivity contribution in [2.75, 3.05) is 19.8 Å². The Balaban J connectivity index is 2.01. The normalized spacial score (nSPS) is 21.0. The Morgan fingerprint density at radius 2 is 1.83 bits per heavy atom. The van der Waals surface area contributed by atoms with Crippen molar-refractivity contribution in [3.63, 3.8) is 0 Å². The van der Waals surface area contributed by atoms with E-state index in [4.69, 9.17) is 9.47 Å². The number of hydrogen-bond acceptors (Lipinski definition) is 5. The molecule has 2 aliphatic rings. The maximum Gasteiger partial charge on any atom is 0.336 e. The molecule has 1 atom stereocenters. The summed E-state index contributed by atoms with van der Waals surface area (Å²) in [6.45, 7) is 11.1. The number of carbonyl (C=O) groups is 2. The van der Waals surface area contributed by atoms with E-state index in [1.165, 1.54) is 0 Å². The second-order valence-corrected chi connectivity index (χ2v) is 8.67. The number of carbonyl (C=O) groups excluding carboxylic acids is 2. The van der Waals surface area contributed by atoms with Gasteiger partial charge in [0.15, 0.2) is 5.78 Å². The van der Waals surface area contributed by atoms with Crippen LogP contribution in [0.25, 0.3) is 0 Å². The van der Waals surface area contributed by atoms with Crippen LogP contribution in [0.4, 0.5) is 0 Å². The molecular formula is C24H31NO4. The van der Waals surface area contributed by atoms with Crippen LogP contribution in [0.15, 0.2) is 46.8 Å². The van der Waals surface area contributed by atoms with Crippen LogP contribution in [0.1, 0.15) is 57.6 Å². The molecule has 3 rings (SSSR count). The molecule has 1 aromatic rings. The Kier molecular flexibility index (Phi) is 6.27. The lowest BCUT2D eigenvalue weighted by atomic mass is 9.68. The van der Waals surface area contributed by atoms with E-state index in [9.17, 15) is 9.59 Å². The molecule has 0 aromatic heterocycles. The molecule has 0 unspecified atom stereocenters. The summed E-state index contributed by atoms with van der Waals surface area (Å²) in [4.78, 5) is 26.2. The molecule has 5 nitrogen and oxygen atoms in total. The second kappa shape index (κ2) is 8.54.